The maximum Gasteiger partial charge on any atom is 0.266 e. The van der Waals surface area contributed by atoms with Crippen molar-refractivity contribution in [2.45, 2.75) is 18.9 Å². The lowest BCUT2D eigenvalue weighted by Gasteiger charge is -2.25. The van der Waals surface area contributed by atoms with E-state index in [1.807, 2.05) is 36.4 Å². The van der Waals surface area contributed by atoms with Crippen molar-refractivity contribution in [3.8, 4) is 5.75 Å². The molecule has 0 fully saturated rings. The van der Waals surface area contributed by atoms with Crippen LogP contribution >= 0.6 is 11.6 Å². The third-order valence-electron chi connectivity index (χ3n) is 3.75. The topological polar surface area (TPSA) is 67.4 Å². The van der Waals surface area contributed by atoms with E-state index >= 15 is 0 Å². The third-order valence-corrected chi connectivity index (χ3v) is 4.12. The molecular weight excluding hydrogens is 328 g/mol. The summed E-state index contributed by atoms with van der Waals surface area (Å²) in [6.07, 6.45) is -0.213. The molecule has 5 nitrogen and oxygen atoms in total. The van der Waals surface area contributed by atoms with Gasteiger partial charge in [0, 0.05) is 11.6 Å². The Hall–Kier alpha value is -2.53. The van der Waals surface area contributed by atoms with Crippen LogP contribution in [0.5, 0.6) is 5.75 Å². The van der Waals surface area contributed by atoms with Crippen molar-refractivity contribution in [3.05, 3.63) is 59.1 Å². The summed E-state index contributed by atoms with van der Waals surface area (Å²) in [7, 11) is 0. The van der Waals surface area contributed by atoms with Crippen molar-refractivity contribution < 1.29 is 14.3 Å². The van der Waals surface area contributed by atoms with E-state index in [4.69, 9.17) is 16.3 Å². The molecule has 2 aromatic carbocycles. The number of amides is 2. The number of halogens is 1. The van der Waals surface area contributed by atoms with E-state index < -0.39 is 6.10 Å². The second-order valence-corrected chi connectivity index (χ2v) is 5.89. The van der Waals surface area contributed by atoms with Crippen LogP contribution in [0.25, 0.3) is 0 Å². The van der Waals surface area contributed by atoms with Crippen LogP contribution in [0.15, 0.2) is 48.5 Å². The number of hydrogen-bond donors (Lipinski definition) is 2. The molecule has 2 N–H and O–H groups in total. The Bertz CT molecular complexity index is 763. The minimum absolute atomic E-state index is 0.0251. The van der Waals surface area contributed by atoms with E-state index in [-0.39, 0.29) is 18.2 Å². The van der Waals surface area contributed by atoms with Gasteiger partial charge in [-0.05, 0) is 30.2 Å². The van der Waals surface area contributed by atoms with Crippen LogP contribution in [0.2, 0.25) is 5.02 Å². The first kappa shape index (κ1) is 16.3. The summed E-state index contributed by atoms with van der Waals surface area (Å²) >= 11 is 6.08. The number of rotatable bonds is 5. The van der Waals surface area contributed by atoms with Crippen molar-refractivity contribution in [2.24, 2.45) is 0 Å². The van der Waals surface area contributed by atoms with Gasteiger partial charge in [-0.15, -0.1) is 0 Å². The van der Waals surface area contributed by atoms with Gasteiger partial charge in [0.25, 0.3) is 5.91 Å². The normalized spacial score (nSPS) is 15.9. The molecule has 124 valence electrons. The Labute approximate surface area is 145 Å². The molecule has 2 aromatic rings. The average molecular weight is 345 g/mol. The second kappa shape index (κ2) is 7.36. The summed E-state index contributed by atoms with van der Waals surface area (Å²) in [6.45, 7) is 0.452. The summed E-state index contributed by atoms with van der Waals surface area (Å²) in [5.74, 6) is 0.0301. The Morgan fingerprint density at radius 2 is 1.92 bits per heavy atom. The summed E-state index contributed by atoms with van der Waals surface area (Å²) in [4.78, 5) is 24.0. The van der Waals surface area contributed by atoms with Gasteiger partial charge in [0.1, 0.15) is 5.75 Å². The second-order valence-electron chi connectivity index (χ2n) is 5.49. The molecule has 0 spiro atoms. The molecule has 1 aliphatic rings. The Kier molecular flexibility index (Phi) is 5.01. The van der Waals surface area contributed by atoms with Crippen LogP contribution in [-0.2, 0) is 16.0 Å². The van der Waals surface area contributed by atoms with Gasteiger partial charge in [-0.1, -0.05) is 41.9 Å². The van der Waals surface area contributed by atoms with E-state index in [0.717, 1.165) is 5.56 Å². The lowest BCUT2D eigenvalue weighted by Crippen LogP contribution is -2.41. The van der Waals surface area contributed by atoms with Gasteiger partial charge >= 0.3 is 0 Å². The molecule has 0 bridgehead atoms. The van der Waals surface area contributed by atoms with Crippen LogP contribution in [0, 0.1) is 0 Å². The van der Waals surface area contributed by atoms with Gasteiger partial charge in [0.2, 0.25) is 5.91 Å². The van der Waals surface area contributed by atoms with Crippen molar-refractivity contribution in [3.63, 3.8) is 0 Å². The zero-order chi connectivity index (χ0) is 16.9. The number of hydrogen-bond acceptors (Lipinski definition) is 3. The van der Waals surface area contributed by atoms with Gasteiger partial charge < -0.3 is 15.4 Å². The molecule has 1 unspecified atom stereocenters. The average Bonchev–Trinajstić information content (AvgIpc) is 2.57. The van der Waals surface area contributed by atoms with Gasteiger partial charge in [-0.2, -0.15) is 0 Å². The minimum atomic E-state index is -0.819. The molecule has 1 atom stereocenters. The predicted molar refractivity (Wildman–Crippen MR) is 92.3 cm³/mol. The lowest BCUT2D eigenvalue weighted by atomic mass is 10.1. The summed E-state index contributed by atoms with van der Waals surface area (Å²) in [6, 6.07) is 14.6. The number of para-hydroxylation sites is 2. The lowest BCUT2D eigenvalue weighted by molar-refractivity contribution is -0.130. The number of fused-ring (bicyclic) bond motifs is 1. The molecule has 0 radical (unpaired) electrons. The van der Waals surface area contributed by atoms with E-state index in [1.54, 1.807) is 12.1 Å². The van der Waals surface area contributed by atoms with Crippen molar-refractivity contribution >= 4 is 29.1 Å². The van der Waals surface area contributed by atoms with E-state index in [9.17, 15) is 9.59 Å². The maximum atomic E-state index is 12.0. The molecule has 3 rings (SSSR count). The summed E-state index contributed by atoms with van der Waals surface area (Å²) in [5.41, 5.74) is 1.60. The summed E-state index contributed by atoms with van der Waals surface area (Å²) in [5, 5.41) is 6.21. The first-order valence-electron chi connectivity index (χ1n) is 7.70. The molecule has 1 heterocycles. The molecule has 0 saturated carbocycles. The largest absolute Gasteiger partial charge is 0.478 e. The minimum Gasteiger partial charge on any atom is -0.478 e. The number of carbonyl (C=O) groups excluding carboxylic acids is 2. The van der Waals surface area contributed by atoms with Crippen molar-refractivity contribution in [2.75, 3.05) is 11.9 Å². The highest BCUT2D eigenvalue weighted by atomic mass is 35.5. The third kappa shape index (κ3) is 3.86. The number of carbonyl (C=O) groups is 2. The SMILES string of the molecule is O=C(CC1Oc2ccccc2NC1=O)NCCc1ccccc1Cl. The molecule has 6 heteroatoms. The number of nitrogens with one attached hydrogen (secondary N) is 2. The molecule has 0 aliphatic carbocycles. The molecule has 2 amide bonds. The Morgan fingerprint density at radius 1 is 1.17 bits per heavy atom. The smallest absolute Gasteiger partial charge is 0.266 e. The van der Waals surface area contributed by atoms with Gasteiger partial charge in [0.15, 0.2) is 6.10 Å². The van der Waals surface area contributed by atoms with E-state index in [1.165, 1.54) is 0 Å². The molecule has 0 saturated heterocycles. The molecule has 0 aromatic heterocycles. The first-order chi connectivity index (χ1) is 11.6. The van der Waals surface area contributed by atoms with Gasteiger partial charge in [0.05, 0.1) is 12.1 Å². The molecular formula is C18H17ClN2O3. The Morgan fingerprint density at radius 3 is 2.75 bits per heavy atom. The quantitative estimate of drug-likeness (QED) is 0.876. The van der Waals surface area contributed by atoms with E-state index in [0.29, 0.717) is 29.4 Å². The Balaban J connectivity index is 1.50. The molecule has 24 heavy (non-hydrogen) atoms. The van der Waals surface area contributed by atoms with Crippen LogP contribution in [0.4, 0.5) is 5.69 Å². The number of anilines is 1. The maximum absolute atomic E-state index is 12.0. The highest BCUT2D eigenvalue weighted by molar-refractivity contribution is 6.31. The van der Waals surface area contributed by atoms with Crippen LogP contribution in [0.1, 0.15) is 12.0 Å². The standard InChI is InChI=1S/C18H17ClN2O3/c19-13-6-2-1-5-12(13)9-10-20-17(22)11-16-18(23)21-14-7-3-4-8-15(14)24-16/h1-8,16H,9-11H2,(H,20,22)(H,21,23). The first-order valence-corrected chi connectivity index (χ1v) is 8.08. The number of ether oxygens (including phenoxy) is 1. The van der Waals surface area contributed by atoms with Crippen LogP contribution < -0.4 is 15.4 Å². The fourth-order valence-electron chi connectivity index (χ4n) is 2.51. The zero-order valence-corrected chi connectivity index (χ0v) is 13.7. The predicted octanol–water partition coefficient (Wildman–Crippen LogP) is 2.79. The molecule has 1 aliphatic heterocycles. The number of benzene rings is 2. The van der Waals surface area contributed by atoms with Crippen molar-refractivity contribution in [1.82, 2.24) is 5.32 Å². The van der Waals surface area contributed by atoms with Crippen LogP contribution in [-0.4, -0.2) is 24.5 Å². The monoisotopic (exact) mass is 344 g/mol. The highest BCUT2D eigenvalue weighted by Gasteiger charge is 2.29. The van der Waals surface area contributed by atoms with Gasteiger partial charge in [-0.25, -0.2) is 0 Å². The van der Waals surface area contributed by atoms with Gasteiger partial charge in [-0.3, -0.25) is 9.59 Å². The fourth-order valence-corrected chi connectivity index (χ4v) is 2.74. The van der Waals surface area contributed by atoms with Crippen molar-refractivity contribution in [1.29, 1.82) is 0 Å². The van der Waals surface area contributed by atoms with Crippen LogP contribution in [0.3, 0.4) is 0 Å². The zero-order valence-electron chi connectivity index (χ0n) is 12.9. The fraction of sp³-hybridized carbons (Fsp3) is 0.222. The summed E-state index contributed by atoms with van der Waals surface area (Å²) < 4.78 is 5.60. The van der Waals surface area contributed by atoms with E-state index in [2.05, 4.69) is 10.6 Å². The highest BCUT2D eigenvalue weighted by Crippen LogP contribution is 2.29.